The molecule has 8 fully saturated rings. The molecule has 9 heteroatoms. The summed E-state index contributed by atoms with van der Waals surface area (Å²) in [5.74, 6) is 3.71. The van der Waals surface area contributed by atoms with E-state index in [1.54, 1.807) is 6.07 Å². The Balaban J connectivity index is 1.31. The summed E-state index contributed by atoms with van der Waals surface area (Å²) in [5, 5.41) is 0. The number of hydrogen-bond donors (Lipinski definition) is 0. The largest absolute Gasteiger partial charge is 0.744 e. The fourth-order valence-corrected chi connectivity index (χ4v) is 14.6. The maximum absolute atomic E-state index is 13.9. The first kappa shape index (κ1) is 29.4. The highest BCUT2D eigenvalue weighted by Gasteiger charge is 2.55. The Kier molecular flexibility index (Phi) is 7.18. The highest BCUT2D eigenvalue weighted by molar-refractivity contribution is 14.1. The topological polar surface area (TPSA) is 83.5 Å². The van der Waals surface area contributed by atoms with E-state index in [1.165, 1.54) is 38.5 Å². The van der Waals surface area contributed by atoms with E-state index in [2.05, 4.69) is 67.8 Å². The second kappa shape index (κ2) is 10.3. The molecule has 2 aromatic carbocycles. The molecule has 0 radical (unpaired) electrons. The van der Waals surface area contributed by atoms with Crippen molar-refractivity contribution in [1.82, 2.24) is 0 Å². The molecule has 42 heavy (non-hydrogen) atoms. The van der Waals surface area contributed by atoms with Crippen LogP contribution in [0.25, 0.3) is 0 Å². The molecular weight excluding hydrogens is 889 g/mol. The molecule has 0 heterocycles. The maximum atomic E-state index is 13.9. The van der Waals surface area contributed by atoms with E-state index in [4.69, 9.17) is 4.74 Å². The van der Waals surface area contributed by atoms with E-state index in [1.807, 2.05) is 18.2 Å². The lowest BCUT2D eigenvalue weighted by atomic mass is 9.47. The Hall–Kier alpha value is 0.0100. The van der Waals surface area contributed by atoms with Crippen LogP contribution in [-0.4, -0.2) is 18.9 Å². The van der Waals surface area contributed by atoms with Gasteiger partial charge in [0.1, 0.15) is 15.9 Å². The van der Waals surface area contributed by atoms with E-state index in [9.17, 15) is 17.8 Å². The lowest BCUT2D eigenvalue weighted by molar-refractivity contribution is -0.00890. The van der Waals surface area contributed by atoms with Crippen molar-refractivity contribution in [3.8, 4) is 5.75 Å². The van der Waals surface area contributed by atoms with Crippen LogP contribution in [0.3, 0.4) is 0 Å². The fraction of sp³-hybridized carbons (Fsp3) is 0.606. The third kappa shape index (κ3) is 4.85. The average molecular weight is 923 g/mol. The number of carbonyl (C=O) groups is 1. The van der Waals surface area contributed by atoms with Crippen molar-refractivity contribution in [2.75, 3.05) is 0 Å². The molecule has 5 nitrogen and oxygen atoms in total. The molecule has 8 saturated carbocycles. The van der Waals surface area contributed by atoms with Gasteiger partial charge in [-0.15, -0.1) is 0 Å². The van der Waals surface area contributed by atoms with Crippen molar-refractivity contribution in [2.24, 2.45) is 35.5 Å². The zero-order valence-electron chi connectivity index (χ0n) is 23.3. The fourth-order valence-electron chi connectivity index (χ4n) is 11.4. The number of benzene rings is 2. The van der Waals surface area contributed by atoms with E-state index in [0.717, 1.165) is 54.8 Å². The first-order valence-electron chi connectivity index (χ1n) is 15.4. The SMILES string of the molecule is O=C(Oc1cc(C23CC4CC(CC(C4)C2)C3)c(S(=O)(=O)[O-])cc1C12CC3CC(CC(C3)C1)C2)c1cc(I)cc(I)c1I. The van der Waals surface area contributed by atoms with Crippen LogP contribution in [-0.2, 0) is 20.9 Å². The Morgan fingerprint density at radius 3 is 1.62 bits per heavy atom. The maximum Gasteiger partial charge on any atom is 0.344 e. The molecule has 10 rings (SSSR count). The Morgan fingerprint density at radius 1 is 0.714 bits per heavy atom. The molecule has 0 unspecified atom stereocenters. The lowest BCUT2D eigenvalue weighted by Gasteiger charge is -2.58. The number of rotatable bonds is 5. The summed E-state index contributed by atoms with van der Waals surface area (Å²) in [5.41, 5.74) is 1.40. The van der Waals surface area contributed by atoms with Crippen LogP contribution in [0, 0.1) is 46.2 Å². The van der Waals surface area contributed by atoms with Crippen molar-refractivity contribution in [3.63, 3.8) is 0 Å². The van der Waals surface area contributed by atoms with E-state index < -0.39 is 16.1 Å². The van der Waals surface area contributed by atoms with Gasteiger partial charge in [-0.2, -0.15) is 0 Å². The molecule has 0 spiro atoms. The van der Waals surface area contributed by atoms with Crippen LogP contribution in [0.2, 0.25) is 0 Å². The van der Waals surface area contributed by atoms with Gasteiger partial charge in [0.05, 0.1) is 10.5 Å². The molecule has 0 amide bonds. The number of hydrogen-bond acceptors (Lipinski definition) is 5. The molecule has 8 bridgehead atoms. The molecule has 0 aromatic heterocycles. The zero-order valence-corrected chi connectivity index (χ0v) is 30.6. The van der Waals surface area contributed by atoms with Crippen molar-refractivity contribution in [2.45, 2.75) is 92.8 Å². The Morgan fingerprint density at radius 2 is 1.17 bits per heavy atom. The van der Waals surface area contributed by atoms with Crippen LogP contribution >= 0.6 is 67.8 Å². The number of halogens is 3. The molecule has 0 N–H and O–H groups in total. The van der Waals surface area contributed by atoms with Crippen molar-refractivity contribution in [3.05, 3.63) is 51.7 Å². The van der Waals surface area contributed by atoms with E-state index in [0.29, 0.717) is 52.4 Å². The van der Waals surface area contributed by atoms with Crippen molar-refractivity contribution >= 4 is 83.9 Å². The summed E-state index contributed by atoms with van der Waals surface area (Å²) in [6.07, 6.45) is 13.1. The van der Waals surface area contributed by atoms with Crippen LogP contribution in [0.5, 0.6) is 5.75 Å². The summed E-state index contributed by atoms with van der Waals surface area (Å²) >= 11 is 6.70. The third-order valence-electron chi connectivity index (χ3n) is 12.0. The third-order valence-corrected chi connectivity index (χ3v) is 16.5. The van der Waals surface area contributed by atoms with Gasteiger partial charge in [-0.3, -0.25) is 0 Å². The van der Waals surface area contributed by atoms with Gasteiger partial charge in [0.2, 0.25) is 0 Å². The molecule has 8 aliphatic rings. The molecule has 8 aliphatic carbocycles. The summed E-state index contributed by atoms with van der Waals surface area (Å²) < 4.78 is 48.7. The van der Waals surface area contributed by atoms with Crippen LogP contribution in [0.1, 0.15) is 98.5 Å². The van der Waals surface area contributed by atoms with Gasteiger partial charge < -0.3 is 9.29 Å². The number of ether oxygens (including phenoxy) is 1. The predicted octanol–water partition coefficient (Wildman–Crippen LogP) is 8.56. The van der Waals surface area contributed by atoms with Crippen molar-refractivity contribution < 1.29 is 22.5 Å². The molecule has 0 atom stereocenters. The highest BCUT2D eigenvalue weighted by Crippen LogP contribution is 2.65. The van der Waals surface area contributed by atoms with E-state index >= 15 is 0 Å². The normalized spacial score (nSPS) is 37.8. The summed E-state index contributed by atoms with van der Waals surface area (Å²) in [7, 11) is -4.73. The quantitative estimate of drug-likeness (QED) is 0.0988. The minimum Gasteiger partial charge on any atom is -0.744 e. The first-order valence-corrected chi connectivity index (χ1v) is 20.1. The molecule has 0 aliphatic heterocycles. The standard InChI is InChI=1S/C33H35I3O5S/c34-23-7-24(30(36)27(35)8-23)31(37)41-28-9-26(33-14-20-4-21(15-33)6-22(5-20)16-33)29(42(38,39)40)10-25(28)32-11-17-1-18(12-32)3-19(2-17)13-32/h7-10,17-22H,1-6,11-16H2,(H,38,39,40)/p-1. The van der Waals surface area contributed by atoms with Gasteiger partial charge in [0.25, 0.3) is 0 Å². The first-order chi connectivity index (χ1) is 19.9. The highest BCUT2D eigenvalue weighted by atomic mass is 127. The number of esters is 1. The van der Waals surface area contributed by atoms with E-state index in [-0.39, 0.29) is 15.7 Å². The smallest absolute Gasteiger partial charge is 0.344 e. The van der Waals surface area contributed by atoms with Gasteiger partial charge >= 0.3 is 5.97 Å². The zero-order chi connectivity index (χ0) is 29.2. The second-order valence-electron chi connectivity index (χ2n) is 14.8. The minimum atomic E-state index is -4.73. The molecule has 224 valence electrons. The average Bonchev–Trinajstić information content (AvgIpc) is 2.88. The lowest BCUT2D eigenvalue weighted by Crippen LogP contribution is -2.50. The summed E-state index contributed by atoms with van der Waals surface area (Å²) in [6, 6.07) is 7.51. The van der Waals surface area contributed by atoms with Crippen molar-refractivity contribution in [1.29, 1.82) is 0 Å². The van der Waals surface area contributed by atoms with Gasteiger partial charge in [0, 0.05) is 16.3 Å². The Labute approximate surface area is 289 Å². The Bertz CT molecular complexity index is 1550. The van der Waals surface area contributed by atoms with Gasteiger partial charge in [0.15, 0.2) is 0 Å². The molecule has 2 aromatic rings. The number of carbonyl (C=O) groups excluding carboxylic acids is 1. The summed E-state index contributed by atoms with van der Waals surface area (Å²) in [4.78, 5) is 13.9. The second-order valence-corrected chi connectivity index (χ2v) is 19.7. The monoisotopic (exact) mass is 923 g/mol. The van der Waals surface area contributed by atoms with Gasteiger partial charge in [-0.05, 0) is 221 Å². The minimum absolute atomic E-state index is 0.0339. The predicted molar refractivity (Wildman–Crippen MR) is 184 cm³/mol. The van der Waals surface area contributed by atoms with Gasteiger partial charge in [-0.25, -0.2) is 13.2 Å². The van der Waals surface area contributed by atoms with Crippen LogP contribution < -0.4 is 4.74 Å². The van der Waals surface area contributed by atoms with Gasteiger partial charge in [-0.1, -0.05) is 0 Å². The van der Waals surface area contributed by atoms with Crippen LogP contribution in [0.15, 0.2) is 29.2 Å². The molecule has 0 saturated heterocycles. The molecular formula is C33H34I3O5S-. The summed E-state index contributed by atoms with van der Waals surface area (Å²) in [6.45, 7) is 0. The van der Waals surface area contributed by atoms with Crippen LogP contribution in [0.4, 0.5) is 0 Å².